The number of hydrogen-bond donors (Lipinski definition) is 2. The standard InChI is InChI=1S/C21H34O4/c1-14(11-18(24)25-5)7-8-16-15(2)12-17(23)19-20(3,13-22)9-6-10-21(16,19)4/h11-12,16-17,19,22-23H,6-10,13H2,1-5H3. The fourth-order valence-corrected chi connectivity index (χ4v) is 5.61. The first-order chi connectivity index (χ1) is 11.7. The fraction of sp³-hybridized carbons (Fsp3) is 0.762. The summed E-state index contributed by atoms with van der Waals surface area (Å²) < 4.78 is 4.71. The van der Waals surface area contributed by atoms with Gasteiger partial charge in [0.05, 0.1) is 13.2 Å². The maximum Gasteiger partial charge on any atom is 0.330 e. The van der Waals surface area contributed by atoms with Crippen LogP contribution in [0.1, 0.15) is 59.8 Å². The minimum atomic E-state index is -0.495. The Bertz CT molecular complexity index is 564. The Hall–Kier alpha value is -1.13. The van der Waals surface area contributed by atoms with Crippen LogP contribution in [-0.2, 0) is 9.53 Å². The van der Waals surface area contributed by atoms with Gasteiger partial charge in [-0.15, -0.1) is 0 Å². The van der Waals surface area contributed by atoms with Gasteiger partial charge in [0.1, 0.15) is 0 Å². The topological polar surface area (TPSA) is 66.8 Å². The monoisotopic (exact) mass is 350 g/mol. The van der Waals surface area contributed by atoms with Crippen molar-refractivity contribution in [3.63, 3.8) is 0 Å². The predicted octanol–water partition coefficient (Wildman–Crippen LogP) is 3.63. The molecule has 0 amide bonds. The number of ether oxygens (including phenoxy) is 1. The second-order valence-electron chi connectivity index (χ2n) is 8.66. The van der Waals surface area contributed by atoms with E-state index in [4.69, 9.17) is 4.74 Å². The van der Waals surface area contributed by atoms with Gasteiger partial charge in [-0.1, -0.05) is 37.5 Å². The molecule has 4 nitrogen and oxygen atoms in total. The van der Waals surface area contributed by atoms with Gasteiger partial charge in [0.2, 0.25) is 0 Å². The molecular weight excluding hydrogens is 316 g/mol. The van der Waals surface area contributed by atoms with Crippen LogP contribution in [0, 0.1) is 22.7 Å². The quantitative estimate of drug-likeness (QED) is 0.451. The maximum atomic E-state index is 11.4. The molecule has 0 aromatic heterocycles. The lowest BCUT2D eigenvalue weighted by molar-refractivity contribution is -0.134. The van der Waals surface area contributed by atoms with Crippen molar-refractivity contribution in [3.05, 3.63) is 23.3 Å². The van der Waals surface area contributed by atoms with Crippen molar-refractivity contribution in [3.8, 4) is 0 Å². The molecule has 0 aliphatic heterocycles. The van der Waals surface area contributed by atoms with E-state index in [2.05, 4.69) is 20.8 Å². The van der Waals surface area contributed by atoms with Crippen molar-refractivity contribution >= 4 is 5.97 Å². The second-order valence-corrected chi connectivity index (χ2v) is 8.66. The summed E-state index contributed by atoms with van der Waals surface area (Å²) in [6, 6.07) is 0. The van der Waals surface area contributed by atoms with Crippen molar-refractivity contribution in [2.24, 2.45) is 22.7 Å². The van der Waals surface area contributed by atoms with Crippen LogP contribution in [0.25, 0.3) is 0 Å². The molecule has 1 saturated carbocycles. The first-order valence-corrected chi connectivity index (χ1v) is 9.40. The lowest BCUT2D eigenvalue weighted by Gasteiger charge is -2.58. The Morgan fingerprint density at radius 2 is 2.08 bits per heavy atom. The van der Waals surface area contributed by atoms with E-state index < -0.39 is 6.10 Å². The summed E-state index contributed by atoms with van der Waals surface area (Å²) >= 11 is 0. The van der Waals surface area contributed by atoms with Crippen LogP contribution >= 0.6 is 0 Å². The van der Waals surface area contributed by atoms with Crippen LogP contribution in [0.3, 0.4) is 0 Å². The van der Waals surface area contributed by atoms with Crippen LogP contribution in [0.15, 0.2) is 23.3 Å². The van der Waals surface area contributed by atoms with Crippen molar-refractivity contribution in [2.45, 2.75) is 65.9 Å². The number of allylic oxidation sites excluding steroid dienone is 2. The van der Waals surface area contributed by atoms with Crippen LogP contribution in [0.5, 0.6) is 0 Å². The summed E-state index contributed by atoms with van der Waals surface area (Å²) in [5.74, 6) is 0.115. The van der Waals surface area contributed by atoms with Crippen molar-refractivity contribution < 1.29 is 19.7 Å². The fourth-order valence-electron chi connectivity index (χ4n) is 5.61. The summed E-state index contributed by atoms with van der Waals surface area (Å²) in [6.07, 6.45) is 7.96. The van der Waals surface area contributed by atoms with Crippen LogP contribution in [0.4, 0.5) is 0 Å². The Balaban J connectivity index is 2.27. The number of rotatable bonds is 5. The van der Waals surface area contributed by atoms with Gasteiger partial charge in [-0.05, 0) is 56.3 Å². The van der Waals surface area contributed by atoms with E-state index in [9.17, 15) is 15.0 Å². The van der Waals surface area contributed by atoms with E-state index >= 15 is 0 Å². The Labute approximate surface area is 152 Å². The Morgan fingerprint density at radius 1 is 1.40 bits per heavy atom. The molecular formula is C21H34O4. The van der Waals surface area contributed by atoms with Gasteiger partial charge >= 0.3 is 5.97 Å². The highest BCUT2D eigenvalue weighted by atomic mass is 16.5. The van der Waals surface area contributed by atoms with Crippen molar-refractivity contribution in [2.75, 3.05) is 13.7 Å². The first-order valence-electron chi connectivity index (χ1n) is 9.40. The molecule has 0 spiro atoms. The van der Waals surface area contributed by atoms with E-state index in [0.29, 0.717) is 5.92 Å². The summed E-state index contributed by atoms with van der Waals surface area (Å²) in [7, 11) is 1.39. The van der Waals surface area contributed by atoms with Gasteiger partial charge in [0.15, 0.2) is 0 Å². The molecule has 142 valence electrons. The number of carbonyl (C=O) groups is 1. The molecule has 1 fully saturated rings. The average molecular weight is 350 g/mol. The average Bonchev–Trinajstić information content (AvgIpc) is 2.53. The number of methoxy groups -OCH3 is 1. The summed E-state index contributed by atoms with van der Waals surface area (Å²) in [6.45, 7) is 8.59. The zero-order valence-electron chi connectivity index (χ0n) is 16.3. The van der Waals surface area contributed by atoms with E-state index in [-0.39, 0.29) is 29.3 Å². The zero-order valence-corrected chi connectivity index (χ0v) is 16.3. The minimum Gasteiger partial charge on any atom is -0.466 e. The number of esters is 1. The van der Waals surface area contributed by atoms with Crippen LogP contribution in [-0.4, -0.2) is 36.0 Å². The molecule has 2 rings (SSSR count). The normalized spacial score (nSPS) is 38.8. The molecule has 0 aromatic carbocycles. The molecule has 0 radical (unpaired) electrons. The van der Waals surface area contributed by atoms with E-state index in [1.54, 1.807) is 6.08 Å². The second kappa shape index (κ2) is 7.63. The molecule has 5 unspecified atom stereocenters. The third-order valence-electron chi connectivity index (χ3n) is 6.80. The predicted molar refractivity (Wildman–Crippen MR) is 98.9 cm³/mol. The van der Waals surface area contributed by atoms with Gasteiger partial charge in [0, 0.05) is 18.6 Å². The van der Waals surface area contributed by atoms with Crippen LogP contribution < -0.4 is 0 Å². The molecule has 2 N–H and O–H groups in total. The smallest absolute Gasteiger partial charge is 0.330 e. The molecule has 2 aliphatic carbocycles. The van der Waals surface area contributed by atoms with Gasteiger partial charge in [-0.25, -0.2) is 4.79 Å². The van der Waals surface area contributed by atoms with Gasteiger partial charge in [0.25, 0.3) is 0 Å². The molecule has 25 heavy (non-hydrogen) atoms. The third-order valence-corrected chi connectivity index (χ3v) is 6.80. The first kappa shape index (κ1) is 20.2. The number of hydrogen-bond acceptors (Lipinski definition) is 4. The SMILES string of the molecule is COC(=O)C=C(C)CCC1C(C)=CC(O)C2C(C)(CO)CCCC12C. The van der Waals surface area contributed by atoms with Crippen LogP contribution in [0.2, 0.25) is 0 Å². The van der Waals surface area contributed by atoms with Crippen molar-refractivity contribution in [1.29, 1.82) is 0 Å². The summed E-state index contributed by atoms with van der Waals surface area (Å²) in [5.41, 5.74) is 1.99. The van der Waals surface area contributed by atoms with E-state index in [1.807, 2.05) is 13.0 Å². The number of aliphatic hydroxyl groups is 2. The Morgan fingerprint density at radius 3 is 2.68 bits per heavy atom. The molecule has 0 heterocycles. The summed E-state index contributed by atoms with van der Waals surface area (Å²) in [4.78, 5) is 11.4. The molecule has 4 heteroatoms. The lowest BCUT2D eigenvalue weighted by atomic mass is 9.47. The highest BCUT2D eigenvalue weighted by Crippen LogP contribution is 2.60. The maximum absolute atomic E-state index is 11.4. The highest BCUT2D eigenvalue weighted by Gasteiger charge is 2.56. The third kappa shape index (κ3) is 3.85. The van der Waals surface area contributed by atoms with Gasteiger partial charge in [-0.2, -0.15) is 0 Å². The zero-order chi connectivity index (χ0) is 18.8. The molecule has 0 saturated heterocycles. The number of fused-ring (bicyclic) bond motifs is 1. The minimum absolute atomic E-state index is 0.0282. The molecule has 2 aliphatic rings. The van der Waals surface area contributed by atoms with Gasteiger partial charge in [-0.3, -0.25) is 0 Å². The Kier molecular flexibility index (Phi) is 6.16. The highest BCUT2D eigenvalue weighted by molar-refractivity contribution is 5.82. The number of carbonyl (C=O) groups excluding carboxylic acids is 1. The van der Waals surface area contributed by atoms with Crippen molar-refractivity contribution in [1.82, 2.24) is 0 Å². The molecule has 0 bridgehead atoms. The molecule has 0 aromatic rings. The molecule has 5 atom stereocenters. The number of aliphatic hydroxyl groups excluding tert-OH is 2. The van der Waals surface area contributed by atoms with E-state index in [0.717, 1.165) is 37.7 Å². The van der Waals surface area contributed by atoms with E-state index in [1.165, 1.54) is 12.7 Å². The largest absolute Gasteiger partial charge is 0.466 e. The summed E-state index contributed by atoms with van der Waals surface area (Å²) in [5, 5.41) is 20.8. The van der Waals surface area contributed by atoms with Gasteiger partial charge < -0.3 is 14.9 Å². The lowest BCUT2D eigenvalue weighted by Crippen LogP contribution is -2.56.